The van der Waals surface area contributed by atoms with Crippen LogP contribution in [0.3, 0.4) is 0 Å². The van der Waals surface area contributed by atoms with Crippen molar-refractivity contribution >= 4 is 22.7 Å². The minimum atomic E-state index is 0.394. The van der Waals surface area contributed by atoms with Gasteiger partial charge in [-0.3, -0.25) is 0 Å². The summed E-state index contributed by atoms with van der Waals surface area (Å²) in [6.07, 6.45) is 35.1. The number of benzene rings is 2. The summed E-state index contributed by atoms with van der Waals surface area (Å²) < 4.78 is 2.61. The maximum atomic E-state index is 2.61. The number of anilines is 1. The average Bonchev–Trinajstić information content (AvgIpc) is 3.50. The molecular weight excluding hydrogens is 460 g/mol. The second-order valence-corrected chi connectivity index (χ2v) is 11.1. The maximum absolute atomic E-state index is 2.61. The van der Waals surface area contributed by atoms with Crippen LogP contribution in [0.5, 0.6) is 0 Å². The van der Waals surface area contributed by atoms with E-state index in [0.717, 1.165) is 32.1 Å². The Bertz CT molecular complexity index is 1660. The van der Waals surface area contributed by atoms with Crippen molar-refractivity contribution in [2.24, 2.45) is 0 Å². The van der Waals surface area contributed by atoms with Gasteiger partial charge in [0.15, 0.2) is 0 Å². The molecule has 38 heavy (non-hydrogen) atoms. The van der Waals surface area contributed by atoms with Crippen LogP contribution in [-0.4, -0.2) is 10.6 Å². The fourth-order valence-electron chi connectivity index (χ4n) is 7.23. The summed E-state index contributed by atoms with van der Waals surface area (Å²) in [6, 6.07) is 15.2. The number of rotatable bonds is 3. The van der Waals surface area contributed by atoms with Crippen LogP contribution in [0, 0.1) is 0 Å². The summed E-state index contributed by atoms with van der Waals surface area (Å²) in [5.74, 6) is 0.445. The van der Waals surface area contributed by atoms with Gasteiger partial charge in [0.05, 0.1) is 12.1 Å². The Morgan fingerprint density at radius 2 is 1.50 bits per heavy atom. The van der Waals surface area contributed by atoms with Crippen LogP contribution in [0.1, 0.15) is 54.5 Å². The second-order valence-electron chi connectivity index (χ2n) is 11.1. The van der Waals surface area contributed by atoms with Gasteiger partial charge in [-0.1, -0.05) is 85.0 Å². The number of allylic oxidation sites excluding steroid dienone is 11. The Morgan fingerprint density at radius 1 is 0.711 bits per heavy atom. The Hall–Kier alpha value is -4.04. The lowest BCUT2D eigenvalue weighted by Crippen LogP contribution is -2.32. The van der Waals surface area contributed by atoms with Crippen LogP contribution in [-0.2, 0) is 6.42 Å². The van der Waals surface area contributed by atoms with Crippen LogP contribution in [0.15, 0.2) is 115 Å². The number of aromatic nitrogens is 1. The largest absolute Gasteiger partial charge is 0.337 e. The molecule has 8 rings (SSSR count). The molecule has 5 aliphatic rings. The molecule has 3 unspecified atom stereocenters. The lowest BCUT2D eigenvalue weighted by Gasteiger charge is -2.31. The molecule has 3 aromatic rings. The fourth-order valence-corrected chi connectivity index (χ4v) is 7.23. The van der Waals surface area contributed by atoms with Gasteiger partial charge in [-0.15, -0.1) is 0 Å². The Kier molecular flexibility index (Phi) is 5.07. The molecule has 186 valence electrons. The zero-order chi connectivity index (χ0) is 25.1. The van der Waals surface area contributed by atoms with Crippen LogP contribution >= 0.6 is 0 Å². The van der Waals surface area contributed by atoms with Crippen molar-refractivity contribution in [3.05, 3.63) is 132 Å². The van der Waals surface area contributed by atoms with Crippen LogP contribution < -0.4 is 4.90 Å². The summed E-state index contributed by atoms with van der Waals surface area (Å²) in [6.45, 7) is 0. The molecule has 0 fully saturated rings. The lowest BCUT2D eigenvalue weighted by atomic mass is 9.90. The molecule has 1 aliphatic heterocycles. The van der Waals surface area contributed by atoms with Gasteiger partial charge in [0.2, 0.25) is 0 Å². The molecule has 1 aromatic heterocycles. The first-order chi connectivity index (χ1) is 18.9. The number of fused-ring (bicyclic) bond motifs is 6. The Morgan fingerprint density at radius 3 is 2.34 bits per heavy atom. The highest BCUT2D eigenvalue weighted by atomic mass is 15.2. The van der Waals surface area contributed by atoms with Gasteiger partial charge in [-0.25, -0.2) is 0 Å². The molecule has 4 aliphatic carbocycles. The number of nitrogens with zero attached hydrogens (tertiary/aromatic N) is 2. The fraction of sp³-hybridized carbons (Fsp3) is 0.222. The molecule has 0 N–H and O–H groups in total. The molecule has 2 heteroatoms. The molecule has 2 aromatic carbocycles. The van der Waals surface area contributed by atoms with Gasteiger partial charge >= 0.3 is 0 Å². The van der Waals surface area contributed by atoms with E-state index in [-0.39, 0.29) is 0 Å². The first kappa shape index (κ1) is 22.0. The minimum Gasteiger partial charge on any atom is -0.337 e. The van der Waals surface area contributed by atoms with Crippen molar-refractivity contribution in [1.29, 1.82) is 0 Å². The monoisotopic (exact) mass is 492 g/mol. The smallest absolute Gasteiger partial charge is 0.0557 e. The van der Waals surface area contributed by atoms with Crippen molar-refractivity contribution in [3.63, 3.8) is 0 Å². The topological polar surface area (TPSA) is 8.17 Å². The maximum Gasteiger partial charge on any atom is 0.0557 e. The predicted molar refractivity (Wildman–Crippen MR) is 160 cm³/mol. The molecule has 3 atom stereocenters. The number of hydrogen-bond acceptors (Lipinski definition) is 1. The Balaban J connectivity index is 1.24. The first-order valence-electron chi connectivity index (χ1n) is 14.2. The van der Waals surface area contributed by atoms with Gasteiger partial charge in [-0.2, -0.15) is 0 Å². The van der Waals surface area contributed by atoms with Gasteiger partial charge in [-0.05, 0) is 79.1 Å². The van der Waals surface area contributed by atoms with Gasteiger partial charge in [0.1, 0.15) is 0 Å². The molecular formula is C36H32N2. The lowest BCUT2D eigenvalue weighted by molar-refractivity contribution is 0.599. The molecule has 0 amide bonds. The molecule has 0 saturated carbocycles. The highest BCUT2D eigenvalue weighted by Gasteiger charge is 2.37. The van der Waals surface area contributed by atoms with E-state index in [1.807, 2.05) is 0 Å². The van der Waals surface area contributed by atoms with E-state index in [0.29, 0.717) is 18.0 Å². The molecule has 0 saturated heterocycles. The van der Waals surface area contributed by atoms with E-state index in [1.165, 1.54) is 50.2 Å². The van der Waals surface area contributed by atoms with E-state index in [1.54, 1.807) is 0 Å². The highest BCUT2D eigenvalue weighted by Crippen LogP contribution is 2.50. The quantitative estimate of drug-likeness (QED) is 0.354. The molecule has 0 spiro atoms. The van der Waals surface area contributed by atoms with E-state index in [9.17, 15) is 0 Å². The zero-order valence-electron chi connectivity index (χ0n) is 21.6. The van der Waals surface area contributed by atoms with Gasteiger partial charge in [0.25, 0.3) is 0 Å². The summed E-state index contributed by atoms with van der Waals surface area (Å²) in [7, 11) is 0. The minimum absolute atomic E-state index is 0.394. The first-order valence-corrected chi connectivity index (χ1v) is 14.2. The third-order valence-corrected chi connectivity index (χ3v) is 8.97. The van der Waals surface area contributed by atoms with Crippen molar-refractivity contribution in [2.45, 2.75) is 50.1 Å². The zero-order valence-corrected chi connectivity index (χ0v) is 21.6. The predicted octanol–water partition coefficient (Wildman–Crippen LogP) is 8.96. The van der Waals surface area contributed by atoms with E-state index >= 15 is 0 Å². The van der Waals surface area contributed by atoms with Crippen molar-refractivity contribution in [3.8, 4) is 11.1 Å². The van der Waals surface area contributed by atoms with E-state index in [2.05, 4.69) is 125 Å². The molecule has 0 radical (unpaired) electrons. The highest BCUT2D eigenvalue weighted by molar-refractivity contribution is 5.95. The van der Waals surface area contributed by atoms with Crippen molar-refractivity contribution < 1.29 is 0 Å². The third kappa shape index (κ3) is 3.33. The Labute approximate surface area is 225 Å². The van der Waals surface area contributed by atoms with E-state index < -0.39 is 0 Å². The summed E-state index contributed by atoms with van der Waals surface area (Å²) in [4.78, 5) is 2.59. The van der Waals surface area contributed by atoms with E-state index in [4.69, 9.17) is 0 Å². The third-order valence-electron chi connectivity index (χ3n) is 8.97. The summed E-state index contributed by atoms with van der Waals surface area (Å²) in [5, 5.41) is 1.39. The second kappa shape index (κ2) is 8.77. The summed E-state index contributed by atoms with van der Waals surface area (Å²) in [5.41, 5.74) is 11.2. The van der Waals surface area contributed by atoms with Crippen LogP contribution in [0.2, 0.25) is 0 Å². The molecule has 2 heterocycles. The SMILES string of the molecule is C1=CCC2C(=C1)N(C1C=CC=CC1)c1ccc(-c3ccc4c(c3)c3c(n4C4C=CC=CC4)CCC=C3)cc12. The van der Waals surface area contributed by atoms with Crippen LogP contribution in [0.4, 0.5) is 5.69 Å². The molecule has 0 bridgehead atoms. The van der Waals surface area contributed by atoms with Crippen molar-refractivity contribution in [2.75, 3.05) is 4.90 Å². The van der Waals surface area contributed by atoms with Crippen molar-refractivity contribution in [1.82, 2.24) is 4.57 Å². The standard InChI is InChI=1S/C36H32N2/c1-3-11-27(12-4-1)37-33-17-9-7-15-29(33)31-23-25(19-21-35(31)37)26-20-22-36-32(24-26)30-16-8-10-18-34(30)38(36)28-13-5-2-6-14-28/h1-9,11,13,16-17,19-24,27-29H,10,12,14-15,18H2. The summed E-state index contributed by atoms with van der Waals surface area (Å²) >= 11 is 0. The average molecular weight is 493 g/mol. The van der Waals surface area contributed by atoms with Gasteiger partial charge in [0, 0.05) is 39.5 Å². The van der Waals surface area contributed by atoms with Crippen LogP contribution in [0.25, 0.3) is 28.1 Å². The normalized spacial score (nSPS) is 24.6. The van der Waals surface area contributed by atoms with Gasteiger partial charge < -0.3 is 9.47 Å². The number of hydrogen-bond donors (Lipinski definition) is 0. The molecule has 2 nitrogen and oxygen atoms in total.